The average molecular weight is 941 g/mol. The fourth-order valence-electron chi connectivity index (χ4n) is 8.50. The Kier molecular flexibility index (Phi) is 36.5. The van der Waals surface area contributed by atoms with Gasteiger partial charge in [-0.05, 0) is 18.7 Å². The van der Waals surface area contributed by atoms with Gasteiger partial charge < -0.3 is 56.0 Å². The number of phosphoric acid groups is 1. The van der Waals surface area contributed by atoms with E-state index in [4.69, 9.17) is 9.05 Å². The molecule has 0 aromatic carbocycles. The predicted molar refractivity (Wildman–Crippen MR) is 250 cm³/mol. The van der Waals surface area contributed by atoms with E-state index in [1.165, 1.54) is 135 Å². The summed E-state index contributed by atoms with van der Waals surface area (Å²) in [6, 6.07) is -1.72. The topological polar surface area (TPSA) is 273 Å². The third-order valence-electron chi connectivity index (χ3n) is 12.9. The molecule has 0 spiro atoms. The Morgan fingerprint density at radius 2 is 0.797 bits per heavy atom. The summed E-state index contributed by atoms with van der Waals surface area (Å²) in [5.41, 5.74) is 0. The lowest BCUT2D eigenvalue weighted by atomic mass is 9.85. The van der Waals surface area contributed by atoms with E-state index >= 15 is 0 Å². The predicted octanol–water partition coefficient (Wildman–Crippen LogP) is 6.79. The van der Waals surface area contributed by atoms with Gasteiger partial charge in [-0.3, -0.25) is 14.0 Å². The van der Waals surface area contributed by atoms with E-state index < -0.39 is 87.4 Å². The number of hydrogen-bond donors (Lipinski definition) is 10. The lowest BCUT2D eigenvalue weighted by Crippen LogP contribution is -2.64. The van der Waals surface area contributed by atoms with Gasteiger partial charge in [-0.1, -0.05) is 213 Å². The van der Waals surface area contributed by atoms with Gasteiger partial charge in [-0.2, -0.15) is 0 Å². The molecule has 0 radical (unpaired) electrons. The number of aliphatic hydroxyl groups is 9. The molecule has 3 unspecified atom stereocenters. The highest BCUT2D eigenvalue weighted by molar-refractivity contribution is 7.47. The van der Waals surface area contributed by atoms with Crippen LogP contribution in [0.5, 0.6) is 0 Å². The van der Waals surface area contributed by atoms with Crippen LogP contribution in [0.1, 0.15) is 226 Å². The van der Waals surface area contributed by atoms with Crippen LogP contribution in [0.2, 0.25) is 0 Å². The molecule has 0 bridgehead atoms. The average Bonchev–Trinajstić information content (AvgIpc) is 3.28. The Morgan fingerprint density at radius 3 is 1.14 bits per heavy atom. The Labute approximate surface area is 386 Å². The standard InChI is InChI=1S/C48H96NO14P/c1-3-5-7-9-11-13-15-17-18-19-20-21-22-23-25-27-29-31-33-35-39(51)41(53)48(59)49-37(36-62-64(60,61)63-47-45(57)43(55)42(54)44(56)46(47)58)40(52)38(50)34-32-30-28-26-24-16-14-12-10-8-6-4-2/h37-47,50-58H,3-36H2,1-2H3,(H,49,59)(H,60,61)/p-1/t37-,38-,39+,40-,41-,42?,43-,44+,45+,46+,47?/m0/s1. The fraction of sp³-hybridized carbons (Fsp3) is 0.979. The van der Waals surface area contributed by atoms with Gasteiger partial charge in [0, 0.05) is 0 Å². The molecule has 382 valence electrons. The molecule has 0 amide bonds. The summed E-state index contributed by atoms with van der Waals surface area (Å²) >= 11 is 0. The normalized spacial score (nSPS) is 24.0. The SMILES string of the molecule is CCCCCCCCCCCCCCCCCCCCC[C@@H](O)[C@H](O)C([O-])=N[C@@H](COP(=O)(O)OC1[C@H](O)[C@H](O)C(O)[C@H](O)[C@H]1O)[C@H](O)[C@@H](O)CCCCCCCCCCCCCC. The highest BCUT2D eigenvalue weighted by Gasteiger charge is 2.51. The molecule has 10 N–H and O–H groups in total. The van der Waals surface area contributed by atoms with Gasteiger partial charge >= 0.3 is 7.82 Å². The first kappa shape index (κ1) is 61.2. The second kappa shape index (κ2) is 38.1. The minimum atomic E-state index is -5.31. The maximum atomic E-state index is 13.1. The Hall–Kier alpha value is -0.780. The van der Waals surface area contributed by atoms with Crippen molar-refractivity contribution in [2.45, 2.75) is 293 Å². The van der Waals surface area contributed by atoms with Crippen molar-refractivity contribution in [1.29, 1.82) is 0 Å². The summed E-state index contributed by atoms with van der Waals surface area (Å²) in [6.07, 6.45) is 17.3. The van der Waals surface area contributed by atoms with Crippen molar-refractivity contribution >= 4 is 13.7 Å². The lowest BCUT2D eigenvalue weighted by Gasteiger charge is -2.41. The molecule has 1 fully saturated rings. The van der Waals surface area contributed by atoms with E-state index in [0.717, 1.165) is 51.4 Å². The van der Waals surface area contributed by atoms with Gasteiger partial charge in [0.15, 0.2) is 0 Å². The van der Waals surface area contributed by atoms with E-state index in [2.05, 4.69) is 18.8 Å². The van der Waals surface area contributed by atoms with Crippen molar-refractivity contribution in [2.75, 3.05) is 6.61 Å². The molecule has 12 atom stereocenters. The fourth-order valence-corrected chi connectivity index (χ4v) is 9.46. The van der Waals surface area contributed by atoms with E-state index in [1.807, 2.05) is 0 Å². The Bertz CT molecular complexity index is 1160. The number of nitrogens with zero attached hydrogens (tertiary/aromatic N) is 1. The van der Waals surface area contributed by atoms with Crippen LogP contribution >= 0.6 is 7.82 Å². The van der Waals surface area contributed by atoms with Crippen LogP contribution in [0.3, 0.4) is 0 Å². The highest BCUT2D eigenvalue weighted by Crippen LogP contribution is 2.47. The van der Waals surface area contributed by atoms with Gasteiger partial charge in [0.25, 0.3) is 0 Å². The minimum absolute atomic E-state index is 0.106. The maximum Gasteiger partial charge on any atom is 0.472 e. The Morgan fingerprint density at radius 1 is 0.500 bits per heavy atom. The molecule has 1 aliphatic carbocycles. The quantitative estimate of drug-likeness (QED) is 0.0131. The molecule has 0 heterocycles. The second-order valence-electron chi connectivity index (χ2n) is 18.7. The van der Waals surface area contributed by atoms with E-state index in [9.17, 15) is 60.5 Å². The number of aliphatic hydroxyl groups excluding tert-OH is 9. The van der Waals surface area contributed by atoms with Crippen LogP contribution in [0.15, 0.2) is 4.99 Å². The number of aliphatic imine (C=N–C) groups is 1. The molecule has 0 aromatic heterocycles. The van der Waals surface area contributed by atoms with E-state index in [-0.39, 0.29) is 12.8 Å². The van der Waals surface area contributed by atoms with Crippen molar-refractivity contribution in [3.05, 3.63) is 0 Å². The van der Waals surface area contributed by atoms with Crippen molar-refractivity contribution in [2.24, 2.45) is 4.99 Å². The van der Waals surface area contributed by atoms with Gasteiger partial charge in [0.1, 0.15) is 54.9 Å². The van der Waals surface area contributed by atoms with Crippen LogP contribution in [-0.2, 0) is 13.6 Å². The third kappa shape index (κ3) is 27.9. The molecule has 1 aliphatic rings. The first-order valence-corrected chi connectivity index (χ1v) is 27.2. The zero-order chi connectivity index (χ0) is 47.6. The van der Waals surface area contributed by atoms with Crippen LogP contribution in [0, 0.1) is 0 Å². The van der Waals surface area contributed by atoms with Crippen molar-refractivity contribution < 1.29 is 69.6 Å². The summed E-state index contributed by atoms with van der Waals surface area (Å²) in [4.78, 5) is 14.2. The van der Waals surface area contributed by atoms with Crippen LogP contribution in [0.4, 0.5) is 0 Å². The number of phosphoric ester groups is 1. The van der Waals surface area contributed by atoms with Gasteiger partial charge in [-0.25, -0.2) is 4.57 Å². The molecule has 1 saturated carbocycles. The number of rotatable bonds is 43. The number of unbranched alkanes of at least 4 members (excludes halogenated alkanes) is 29. The van der Waals surface area contributed by atoms with Crippen LogP contribution in [-0.4, -0.2) is 130 Å². The number of hydrogen-bond acceptors (Lipinski definition) is 14. The summed E-state index contributed by atoms with van der Waals surface area (Å²) in [5.74, 6) is -1.23. The molecule has 15 nitrogen and oxygen atoms in total. The van der Waals surface area contributed by atoms with E-state index in [0.29, 0.717) is 12.8 Å². The second-order valence-corrected chi connectivity index (χ2v) is 20.1. The van der Waals surface area contributed by atoms with Crippen LogP contribution < -0.4 is 5.11 Å². The minimum Gasteiger partial charge on any atom is -0.860 e. The van der Waals surface area contributed by atoms with E-state index in [1.54, 1.807) is 0 Å². The zero-order valence-corrected chi connectivity index (χ0v) is 40.8. The third-order valence-corrected chi connectivity index (χ3v) is 13.9. The molecule has 16 heteroatoms. The van der Waals surface area contributed by atoms with Crippen LogP contribution in [0.25, 0.3) is 0 Å². The summed E-state index contributed by atoms with van der Waals surface area (Å²) in [5, 5.41) is 107. The van der Waals surface area contributed by atoms with Gasteiger partial charge in [-0.15, -0.1) is 0 Å². The molecule has 0 aliphatic heterocycles. The van der Waals surface area contributed by atoms with Crippen molar-refractivity contribution in [1.82, 2.24) is 0 Å². The molecule has 1 rings (SSSR count). The summed E-state index contributed by atoms with van der Waals surface area (Å²) in [6.45, 7) is 3.43. The molecule has 0 saturated heterocycles. The smallest absolute Gasteiger partial charge is 0.472 e. The lowest BCUT2D eigenvalue weighted by molar-refractivity contribution is -0.233. The largest absolute Gasteiger partial charge is 0.860 e. The first-order valence-electron chi connectivity index (χ1n) is 25.7. The van der Waals surface area contributed by atoms with Crippen molar-refractivity contribution in [3.63, 3.8) is 0 Å². The monoisotopic (exact) mass is 941 g/mol. The zero-order valence-electron chi connectivity index (χ0n) is 39.9. The molecular formula is C48H95NO14P-. The Balaban J connectivity index is 2.60. The molecule has 64 heavy (non-hydrogen) atoms. The molecule has 0 aromatic rings. The van der Waals surface area contributed by atoms with Gasteiger partial charge in [0.05, 0.1) is 18.8 Å². The first-order chi connectivity index (χ1) is 30.7. The highest BCUT2D eigenvalue weighted by atomic mass is 31.2. The van der Waals surface area contributed by atoms with Gasteiger partial charge in [0.2, 0.25) is 0 Å². The molecular weight excluding hydrogens is 845 g/mol. The maximum absolute atomic E-state index is 13.1. The summed E-state index contributed by atoms with van der Waals surface area (Å²) in [7, 11) is -5.31. The summed E-state index contributed by atoms with van der Waals surface area (Å²) < 4.78 is 22.8. The van der Waals surface area contributed by atoms with Crippen molar-refractivity contribution in [3.8, 4) is 0 Å².